The first-order valence-electron chi connectivity index (χ1n) is 13.4. The van der Waals surface area contributed by atoms with Gasteiger partial charge in [0.1, 0.15) is 11.6 Å². The number of rotatable bonds is 9. The fraction of sp³-hybridized carbons (Fsp3) is 0.467. The Hall–Kier alpha value is -3.16. The summed E-state index contributed by atoms with van der Waals surface area (Å²) in [7, 11) is 0. The van der Waals surface area contributed by atoms with E-state index in [1.807, 2.05) is 26.0 Å². The van der Waals surface area contributed by atoms with E-state index in [2.05, 4.69) is 78.1 Å². The topological polar surface area (TPSA) is 78.5 Å². The Morgan fingerprint density at radius 3 is 2.27 bits per heavy atom. The average molecular weight is 505 g/mol. The molecule has 200 valence electrons. The zero-order chi connectivity index (χ0) is 26.8. The van der Waals surface area contributed by atoms with E-state index < -0.39 is 0 Å². The molecule has 1 heterocycles. The van der Waals surface area contributed by atoms with Gasteiger partial charge in [0.15, 0.2) is 0 Å². The van der Waals surface area contributed by atoms with Crippen LogP contribution in [0.4, 0.5) is 5.69 Å². The fourth-order valence-electron chi connectivity index (χ4n) is 4.31. The number of aryl methyl sites for hydroxylation is 2. The minimum Gasteiger partial charge on any atom is -0.494 e. The molecule has 0 radical (unpaired) electrons. The van der Waals surface area contributed by atoms with Crippen molar-refractivity contribution in [3.8, 4) is 5.75 Å². The summed E-state index contributed by atoms with van der Waals surface area (Å²) in [6.45, 7) is 18.9. The quantitative estimate of drug-likeness (QED) is 0.356. The molecule has 7 heteroatoms. The van der Waals surface area contributed by atoms with Gasteiger partial charge >= 0.3 is 0 Å². The van der Waals surface area contributed by atoms with E-state index in [1.54, 1.807) is 0 Å². The van der Waals surface area contributed by atoms with Gasteiger partial charge in [-0.3, -0.25) is 9.80 Å². The third-order valence-corrected chi connectivity index (χ3v) is 6.73. The van der Waals surface area contributed by atoms with Crippen LogP contribution < -0.4 is 15.8 Å². The lowest BCUT2D eigenvalue weighted by Crippen LogP contribution is -2.46. The van der Waals surface area contributed by atoms with Crippen LogP contribution in [0.2, 0.25) is 0 Å². The molecular formula is C30H44N6O. The van der Waals surface area contributed by atoms with Crippen molar-refractivity contribution in [2.75, 3.05) is 44.6 Å². The highest BCUT2D eigenvalue weighted by Crippen LogP contribution is 2.21. The molecule has 0 unspecified atom stereocenters. The summed E-state index contributed by atoms with van der Waals surface area (Å²) in [5, 5.41) is 3.29. The van der Waals surface area contributed by atoms with E-state index in [1.165, 1.54) is 22.3 Å². The Kier molecular flexibility index (Phi) is 10.7. The van der Waals surface area contributed by atoms with Crippen molar-refractivity contribution in [3.63, 3.8) is 0 Å². The van der Waals surface area contributed by atoms with Crippen LogP contribution in [0.15, 0.2) is 63.7 Å². The second-order valence-corrected chi connectivity index (χ2v) is 9.82. The predicted octanol–water partition coefficient (Wildman–Crippen LogP) is 5.35. The Balaban J connectivity index is 1.58. The highest BCUT2D eigenvalue weighted by atomic mass is 16.5. The number of nitrogens with zero attached hydrogens (tertiary/aromatic N) is 4. The molecule has 0 atom stereocenters. The summed E-state index contributed by atoms with van der Waals surface area (Å²) >= 11 is 0. The maximum Gasteiger partial charge on any atom is 0.221 e. The maximum atomic E-state index is 6.25. The van der Waals surface area contributed by atoms with Crippen molar-refractivity contribution < 1.29 is 4.74 Å². The smallest absolute Gasteiger partial charge is 0.221 e. The summed E-state index contributed by atoms with van der Waals surface area (Å²) in [6.07, 6.45) is 0.936. The molecule has 37 heavy (non-hydrogen) atoms. The molecule has 0 saturated carbocycles. The van der Waals surface area contributed by atoms with Gasteiger partial charge in [0, 0.05) is 45.0 Å². The molecule has 0 bridgehead atoms. The summed E-state index contributed by atoms with van der Waals surface area (Å²) < 4.78 is 5.78. The molecule has 2 aromatic rings. The lowest BCUT2D eigenvalue weighted by atomic mass is 10.1. The minimum atomic E-state index is 0.281. The highest BCUT2D eigenvalue weighted by molar-refractivity contribution is 6.01. The van der Waals surface area contributed by atoms with Crippen LogP contribution in [0, 0.1) is 13.8 Å². The second kappa shape index (κ2) is 14.0. The number of anilines is 1. The highest BCUT2D eigenvalue weighted by Gasteiger charge is 2.19. The van der Waals surface area contributed by atoms with Gasteiger partial charge in [-0.05, 0) is 70.4 Å². The number of allylic oxidation sites excluding steroid dienone is 1. The molecule has 3 rings (SSSR count). The van der Waals surface area contributed by atoms with E-state index >= 15 is 0 Å². The van der Waals surface area contributed by atoms with Gasteiger partial charge < -0.3 is 15.8 Å². The number of ether oxygens (including phenoxy) is 1. The van der Waals surface area contributed by atoms with Gasteiger partial charge in [-0.1, -0.05) is 42.3 Å². The van der Waals surface area contributed by atoms with Gasteiger partial charge in [0.2, 0.25) is 5.96 Å². The number of benzene rings is 2. The summed E-state index contributed by atoms with van der Waals surface area (Å²) in [5.41, 5.74) is 13.2. The third kappa shape index (κ3) is 9.02. The first-order chi connectivity index (χ1) is 17.8. The zero-order valence-electron chi connectivity index (χ0n) is 23.5. The number of nitrogens with two attached hydrogens (primary N) is 1. The van der Waals surface area contributed by atoms with Crippen LogP contribution in [-0.4, -0.2) is 60.9 Å². The van der Waals surface area contributed by atoms with Crippen LogP contribution in [-0.2, 0) is 6.54 Å². The van der Waals surface area contributed by atoms with Crippen LogP contribution in [0.25, 0.3) is 0 Å². The largest absolute Gasteiger partial charge is 0.494 e. The number of guanidine groups is 1. The Morgan fingerprint density at radius 1 is 0.946 bits per heavy atom. The lowest BCUT2D eigenvalue weighted by molar-refractivity contribution is 0.134. The first kappa shape index (κ1) is 28.4. The molecule has 0 amide bonds. The predicted molar refractivity (Wildman–Crippen MR) is 157 cm³/mol. The van der Waals surface area contributed by atoms with Crippen LogP contribution in [0.3, 0.4) is 0 Å². The van der Waals surface area contributed by atoms with Crippen molar-refractivity contribution in [2.24, 2.45) is 15.7 Å². The number of hydrogen-bond acceptors (Lipinski definition) is 4. The average Bonchev–Trinajstić information content (AvgIpc) is 2.87. The molecule has 0 aromatic heterocycles. The molecule has 1 aliphatic rings. The number of piperazine rings is 1. The van der Waals surface area contributed by atoms with E-state index in [-0.39, 0.29) is 5.96 Å². The van der Waals surface area contributed by atoms with Gasteiger partial charge in [-0.2, -0.15) is 0 Å². The van der Waals surface area contributed by atoms with Crippen LogP contribution >= 0.6 is 0 Å². The van der Waals surface area contributed by atoms with Crippen LogP contribution in [0.1, 0.15) is 50.8 Å². The number of nitrogens with one attached hydrogen (secondary N) is 1. The van der Waals surface area contributed by atoms with Gasteiger partial charge in [-0.15, -0.1) is 0 Å². The summed E-state index contributed by atoms with van der Waals surface area (Å²) in [5.74, 6) is 1.99. The molecule has 7 nitrogen and oxygen atoms in total. The molecule has 0 aliphatic carbocycles. The third-order valence-electron chi connectivity index (χ3n) is 6.73. The molecule has 1 saturated heterocycles. The normalized spacial score (nSPS) is 16.5. The second-order valence-electron chi connectivity index (χ2n) is 9.82. The first-order valence-corrected chi connectivity index (χ1v) is 13.4. The van der Waals surface area contributed by atoms with Gasteiger partial charge in [0.25, 0.3) is 0 Å². The lowest BCUT2D eigenvalue weighted by Gasteiger charge is -2.35. The molecule has 3 N–H and O–H groups in total. The number of amidine groups is 1. The SMILES string of the molecule is CCOc1cc(CN2CCN(CC(N=C(N)/N=C(\C)Nc3ccc(C)cc3)=C(C)CC)CC2)ccc1C. The van der Waals surface area contributed by atoms with E-state index in [4.69, 9.17) is 15.5 Å². The maximum absolute atomic E-state index is 6.25. The molecule has 0 spiro atoms. The summed E-state index contributed by atoms with van der Waals surface area (Å²) in [6, 6.07) is 14.8. The van der Waals surface area contributed by atoms with Crippen LogP contribution in [0.5, 0.6) is 5.75 Å². The fourth-order valence-corrected chi connectivity index (χ4v) is 4.31. The van der Waals surface area contributed by atoms with Crippen molar-refractivity contribution in [2.45, 2.75) is 54.5 Å². The van der Waals surface area contributed by atoms with E-state index in [0.717, 1.165) is 68.7 Å². The Morgan fingerprint density at radius 2 is 1.62 bits per heavy atom. The molecule has 1 fully saturated rings. The molecule has 1 aliphatic heterocycles. The minimum absolute atomic E-state index is 0.281. The number of hydrogen-bond donors (Lipinski definition) is 2. The van der Waals surface area contributed by atoms with Crippen molar-refractivity contribution >= 4 is 17.5 Å². The summed E-state index contributed by atoms with van der Waals surface area (Å²) in [4.78, 5) is 14.2. The Labute approximate surface area is 223 Å². The van der Waals surface area contributed by atoms with Crippen molar-refractivity contribution in [1.29, 1.82) is 0 Å². The standard InChI is InChI=1S/C30H44N6O/c1-7-23(4)28(34-30(31)33-25(6)32-27-13-9-22(3)10-14-27)21-36-17-15-35(16-18-36)20-26-12-11-24(5)29(19-26)37-8-2/h9-14,19H,7-8,15-18,20-21H2,1-6H3,(H3,31,32,33,34). The van der Waals surface area contributed by atoms with E-state index in [9.17, 15) is 0 Å². The Bertz CT molecular complexity index is 1110. The molecular weight excluding hydrogens is 460 g/mol. The van der Waals surface area contributed by atoms with Gasteiger partial charge in [-0.25, -0.2) is 9.98 Å². The van der Waals surface area contributed by atoms with Gasteiger partial charge in [0.05, 0.1) is 12.3 Å². The van der Waals surface area contributed by atoms with Crippen molar-refractivity contribution in [3.05, 3.63) is 70.4 Å². The van der Waals surface area contributed by atoms with E-state index in [0.29, 0.717) is 6.61 Å². The van der Waals surface area contributed by atoms with Crippen molar-refractivity contribution in [1.82, 2.24) is 9.80 Å². The zero-order valence-corrected chi connectivity index (χ0v) is 23.5. The monoisotopic (exact) mass is 504 g/mol. The number of aliphatic imine (C=N–C) groups is 2. The molecule has 2 aromatic carbocycles.